The van der Waals surface area contributed by atoms with Gasteiger partial charge in [-0.25, -0.2) is 0 Å². The first kappa shape index (κ1) is 13.8. The fourth-order valence-electron chi connectivity index (χ4n) is 1.79. The largest absolute Gasteiger partial charge is 0.494 e. The third-order valence-electron chi connectivity index (χ3n) is 2.66. The van der Waals surface area contributed by atoms with Gasteiger partial charge >= 0.3 is 5.97 Å². The van der Waals surface area contributed by atoms with E-state index in [1.807, 2.05) is 26.8 Å². The molecule has 1 rings (SSSR count). The second-order valence-electron chi connectivity index (χ2n) is 3.94. The Morgan fingerprint density at radius 3 is 2.65 bits per heavy atom. The normalized spacial score (nSPS) is 10.4. The minimum atomic E-state index is -0.816. The van der Waals surface area contributed by atoms with Gasteiger partial charge in [-0.3, -0.25) is 4.79 Å². The molecule has 0 aromatic heterocycles. The Bertz CT molecular complexity index is 427. The number of halogens is 1. The standard InChI is InChI=1S/C13H17ClO3/c1-4-17-11-7-8(2)13(14)9(3)10(11)5-6-12(15)16/h7H,4-6H2,1-3H3,(H,15,16). The van der Waals surface area contributed by atoms with Crippen molar-refractivity contribution in [2.45, 2.75) is 33.6 Å². The monoisotopic (exact) mass is 256 g/mol. The molecule has 1 aromatic rings. The van der Waals surface area contributed by atoms with Crippen LogP contribution in [-0.2, 0) is 11.2 Å². The Morgan fingerprint density at radius 2 is 2.12 bits per heavy atom. The maximum atomic E-state index is 10.6. The van der Waals surface area contributed by atoms with Crippen LogP contribution in [0.5, 0.6) is 5.75 Å². The van der Waals surface area contributed by atoms with Gasteiger partial charge in [0, 0.05) is 11.4 Å². The van der Waals surface area contributed by atoms with E-state index in [1.165, 1.54) is 0 Å². The molecule has 0 saturated heterocycles. The van der Waals surface area contributed by atoms with Crippen molar-refractivity contribution < 1.29 is 14.6 Å². The van der Waals surface area contributed by atoms with Crippen molar-refractivity contribution in [2.24, 2.45) is 0 Å². The van der Waals surface area contributed by atoms with Gasteiger partial charge < -0.3 is 9.84 Å². The molecule has 0 fully saturated rings. The predicted octanol–water partition coefficient (Wildman–Crippen LogP) is 3.37. The van der Waals surface area contributed by atoms with Gasteiger partial charge in [-0.05, 0) is 49.9 Å². The molecule has 3 nitrogen and oxygen atoms in total. The van der Waals surface area contributed by atoms with Crippen molar-refractivity contribution >= 4 is 17.6 Å². The molecule has 1 N–H and O–H groups in total. The highest BCUT2D eigenvalue weighted by molar-refractivity contribution is 6.32. The Morgan fingerprint density at radius 1 is 1.47 bits per heavy atom. The summed E-state index contributed by atoms with van der Waals surface area (Å²) in [5.74, 6) is -0.0725. The summed E-state index contributed by atoms with van der Waals surface area (Å²) in [5.41, 5.74) is 2.76. The van der Waals surface area contributed by atoms with E-state index in [0.717, 1.165) is 22.4 Å². The highest BCUT2D eigenvalue weighted by atomic mass is 35.5. The molecule has 0 amide bonds. The minimum Gasteiger partial charge on any atom is -0.494 e. The molecule has 0 atom stereocenters. The van der Waals surface area contributed by atoms with Crippen LogP contribution in [0.3, 0.4) is 0 Å². The number of carboxylic acids is 1. The van der Waals surface area contributed by atoms with Crippen molar-refractivity contribution in [3.63, 3.8) is 0 Å². The van der Waals surface area contributed by atoms with Crippen LogP contribution in [0.15, 0.2) is 6.07 Å². The first-order valence-corrected chi connectivity index (χ1v) is 5.98. The van der Waals surface area contributed by atoms with E-state index in [1.54, 1.807) is 0 Å². The summed E-state index contributed by atoms with van der Waals surface area (Å²) in [4.78, 5) is 10.6. The zero-order chi connectivity index (χ0) is 13.0. The van der Waals surface area contributed by atoms with Gasteiger partial charge in [-0.2, -0.15) is 0 Å². The molecule has 0 radical (unpaired) electrons. The number of ether oxygens (including phenoxy) is 1. The molecule has 0 bridgehead atoms. The van der Waals surface area contributed by atoms with Gasteiger partial charge in [0.25, 0.3) is 0 Å². The van der Waals surface area contributed by atoms with Gasteiger partial charge in [-0.1, -0.05) is 11.6 Å². The lowest BCUT2D eigenvalue weighted by atomic mass is 10.00. The third-order valence-corrected chi connectivity index (χ3v) is 3.24. The summed E-state index contributed by atoms with van der Waals surface area (Å²) in [6, 6.07) is 1.87. The van der Waals surface area contributed by atoms with Crippen LogP contribution >= 0.6 is 11.6 Å². The Kier molecular flexibility index (Phi) is 4.82. The molecule has 0 spiro atoms. The van der Waals surface area contributed by atoms with Crippen LogP contribution < -0.4 is 4.74 Å². The Balaban J connectivity index is 3.13. The molecule has 0 aliphatic rings. The number of benzene rings is 1. The molecule has 0 saturated carbocycles. The zero-order valence-corrected chi connectivity index (χ0v) is 11.1. The third kappa shape index (κ3) is 3.37. The number of carboxylic acid groups (broad SMARTS) is 1. The van der Waals surface area contributed by atoms with Crippen LogP contribution in [0.2, 0.25) is 5.02 Å². The van der Waals surface area contributed by atoms with Crippen molar-refractivity contribution in [3.05, 3.63) is 27.8 Å². The number of rotatable bonds is 5. The summed E-state index contributed by atoms with van der Waals surface area (Å²) < 4.78 is 5.53. The fraction of sp³-hybridized carbons (Fsp3) is 0.462. The summed E-state index contributed by atoms with van der Waals surface area (Å²) >= 11 is 6.17. The Labute approximate surface area is 106 Å². The maximum Gasteiger partial charge on any atom is 0.303 e. The molecule has 0 heterocycles. The second-order valence-corrected chi connectivity index (χ2v) is 4.31. The average Bonchev–Trinajstić information content (AvgIpc) is 2.26. The zero-order valence-electron chi connectivity index (χ0n) is 10.3. The van der Waals surface area contributed by atoms with Crippen molar-refractivity contribution in [3.8, 4) is 5.75 Å². The molecular formula is C13H17ClO3. The van der Waals surface area contributed by atoms with Crippen LogP contribution in [0.25, 0.3) is 0 Å². The topological polar surface area (TPSA) is 46.5 Å². The number of hydrogen-bond acceptors (Lipinski definition) is 2. The molecule has 0 unspecified atom stereocenters. The summed E-state index contributed by atoms with van der Waals surface area (Å²) in [6.07, 6.45) is 0.525. The van der Waals surface area contributed by atoms with Gasteiger partial charge in [-0.15, -0.1) is 0 Å². The number of aryl methyl sites for hydroxylation is 1. The van der Waals surface area contributed by atoms with E-state index >= 15 is 0 Å². The second kappa shape index (κ2) is 5.92. The number of hydrogen-bond donors (Lipinski definition) is 1. The summed E-state index contributed by atoms with van der Waals surface area (Å²) in [5, 5.41) is 9.43. The van der Waals surface area contributed by atoms with E-state index < -0.39 is 5.97 Å². The van der Waals surface area contributed by atoms with E-state index in [2.05, 4.69) is 0 Å². The molecule has 4 heteroatoms. The van der Waals surface area contributed by atoms with Crippen LogP contribution in [-0.4, -0.2) is 17.7 Å². The molecule has 0 aliphatic carbocycles. The van der Waals surface area contributed by atoms with E-state index in [0.29, 0.717) is 18.1 Å². The minimum absolute atomic E-state index is 0.0836. The van der Waals surface area contributed by atoms with Crippen molar-refractivity contribution in [1.82, 2.24) is 0 Å². The fourth-order valence-corrected chi connectivity index (χ4v) is 1.96. The van der Waals surface area contributed by atoms with E-state index in [-0.39, 0.29) is 6.42 Å². The molecule has 1 aromatic carbocycles. The highest BCUT2D eigenvalue weighted by Gasteiger charge is 2.14. The smallest absolute Gasteiger partial charge is 0.303 e. The Hall–Kier alpha value is -1.22. The number of carbonyl (C=O) groups is 1. The highest BCUT2D eigenvalue weighted by Crippen LogP contribution is 2.32. The predicted molar refractivity (Wildman–Crippen MR) is 68.1 cm³/mol. The molecule has 17 heavy (non-hydrogen) atoms. The van der Waals surface area contributed by atoms with Crippen LogP contribution in [0.1, 0.15) is 30.0 Å². The molecule has 94 valence electrons. The summed E-state index contributed by atoms with van der Waals surface area (Å²) in [6.45, 7) is 6.27. The lowest BCUT2D eigenvalue weighted by Crippen LogP contribution is -2.04. The average molecular weight is 257 g/mol. The van der Waals surface area contributed by atoms with Crippen LogP contribution in [0.4, 0.5) is 0 Å². The van der Waals surface area contributed by atoms with Crippen molar-refractivity contribution in [2.75, 3.05) is 6.61 Å². The number of aliphatic carboxylic acids is 1. The SMILES string of the molecule is CCOc1cc(C)c(Cl)c(C)c1CCC(=O)O. The maximum absolute atomic E-state index is 10.6. The van der Waals surface area contributed by atoms with Crippen molar-refractivity contribution in [1.29, 1.82) is 0 Å². The lowest BCUT2D eigenvalue weighted by molar-refractivity contribution is -0.136. The molecular weight excluding hydrogens is 240 g/mol. The first-order valence-electron chi connectivity index (χ1n) is 5.60. The van der Waals surface area contributed by atoms with Gasteiger partial charge in [0.2, 0.25) is 0 Å². The first-order chi connectivity index (χ1) is 7.97. The van der Waals surface area contributed by atoms with Gasteiger partial charge in [0.15, 0.2) is 0 Å². The summed E-state index contributed by atoms with van der Waals surface area (Å²) in [7, 11) is 0. The van der Waals surface area contributed by atoms with Gasteiger partial charge in [0.1, 0.15) is 5.75 Å². The molecule has 0 aliphatic heterocycles. The van der Waals surface area contributed by atoms with E-state index in [9.17, 15) is 4.79 Å². The lowest BCUT2D eigenvalue weighted by Gasteiger charge is -2.15. The van der Waals surface area contributed by atoms with Crippen LogP contribution in [0, 0.1) is 13.8 Å². The van der Waals surface area contributed by atoms with Gasteiger partial charge in [0.05, 0.1) is 6.61 Å². The quantitative estimate of drug-likeness (QED) is 0.879. The van der Waals surface area contributed by atoms with E-state index in [4.69, 9.17) is 21.4 Å².